The highest BCUT2D eigenvalue weighted by Crippen LogP contribution is 2.39. The van der Waals surface area contributed by atoms with E-state index < -0.39 is 0 Å². The molecule has 0 amide bonds. The summed E-state index contributed by atoms with van der Waals surface area (Å²) < 4.78 is 6.38. The lowest BCUT2D eigenvalue weighted by Gasteiger charge is -2.21. The summed E-state index contributed by atoms with van der Waals surface area (Å²) in [4.78, 5) is 14.9. The number of benzene rings is 7. The Labute approximate surface area is 319 Å². The van der Waals surface area contributed by atoms with Crippen molar-refractivity contribution in [2.24, 2.45) is 0 Å². The lowest BCUT2D eigenvalue weighted by atomic mass is 9.59. The quantitative estimate of drug-likeness (QED) is 0.211. The summed E-state index contributed by atoms with van der Waals surface area (Å²) in [5, 5.41) is 1.99. The number of furan rings is 1. The predicted octanol–water partition coefficient (Wildman–Crippen LogP) is 5.74. The largest absolute Gasteiger partial charge is 0.456 e. The average molecular weight is 677 g/mol. The predicted molar refractivity (Wildman–Crippen MR) is 227 cm³/mol. The van der Waals surface area contributed by atoms with E-state index in [0.29, 0.717) is 23.0 Å². The molecule has 2 heterocycles. The molecule has 0 N–H and O–H groups in total. The normalized spacial score (nSPS) is 11.3. The first-order valence-corrected chi connectivity index (χ1v) is 17.4. The van der Waals surface area contributed by atoms with Gasteiger partial charge in [-0.05, 0) is 57.6 Å². The van der Waals surface area contributed by atoms with Gasteiger partial charge in [0.25, 0.3) is 0 Å². The molecule has 0 bridgehead atoms. The second-order valence-corrected chi connectivity index (χ2v) is 13.1. The van der Waals surface area contributed by atoms with E-state index in [0.717, 1.165) is 60.9 Å². The molecule has 0 spiro atoms. The summed E-state index contributed by atoms with van der Waals surface area (Å²) in [5.74, 6) is 1.57. The van der Waals surface area contributed by atoms with Crippen LogP contribution in [0, 0.1) is 0 Å². The Balaban J connectivity index is 1.15. The van der Waals surface area contributed by atoms with Gasteiger partial charge in [0, 0.05) is 27.5 Å². The summed E-state index contributed by atoms with van der Waals surface area (Å²) in [6, 6.07) is 48.7. The first-order valence-electron chi connectivity index (χ1n) is 17.4. The minimum Gasteiger partial charge on any atom is -0.456 e. The molecule has 7 aromatic carbocycles. The molecule has 0 aliphatic rings. The first kappa shape index (κ1) is 33.5. The second kappa shape index (κ2) is 13.6. The van der Waals surface area contributed by atoms with Crippen molar-refractivity contribution in [3.8, 4) is 67.5 Å². The van der Waals surface area contributed by atoms with Crippen LogP contribution in [0.3, 0.4) is 0 Å². The summed E-state index contributed by atoms with van der Waals surface area (Å²) >= 11 is 0. The van der Waals surface area contributed by atoms with Gasteiger partial charge in [0.05, 0.1) is 0 Å². The van der Waals surface area contributed by atoms with Crippen LogP contribution in [-0.2, 0) is 0 Å². The molecule has 0 aliphatic heterocycles. The molecule has 10 radical (unpaired) electrons. The third-order valence-corrected chi connectivity index (χ3v) is 9.85. The molecular weight excluding hydrogens is 653 g/mol. The Morgan fingerprint density at radius 1 is 0.352 bits per heavy atom. The van der Waals surface area contributed by atoms with Crippen molar-refractivity contribution in [1.82, 2.24) is 15.0 Å². The van der Waals surface area contributed by atoms with E-state index in [4.69, 9.17) is 58.6 Å². The van der Waals surface area contributed by atoms with Crippen LogP contribution in [0.4, 0.5) is 0 Å². The molecule has 0 saturated heterocycles. The van der Waals surface area contributed by atoms with Crippen LogP contribution >= 0.6 is 0 Å². The molecule has 2 aromatic heterocycles. The van der Waals surface area contributed by atoms with Gasteiger partial charge < -0.3 is 4.42 Å². The summed E-state index contributed by atoms with van der Waals surface area (Å²) in [5.41, 5.74) is 10.9. The maximum absolute atomic E-state index is 6.38. The van der Waals surface area contributed by atoms with Crippen LogP contribution in [0.15, 0.2) is 150 Å². The van der Waals surface area contributed by atoms with E-state index in [-0.39, 0.29) is 27.3 Å². The van der Waals surface area contributed by atoms with Gasteiger partial charge in [-0.25, -0.2) is 15.0 Å². The van der Waals surface area contributed by atoms with Gasteiger partial charge >= 0.3 is 0 Å². The third kappa shape index (κ3) is 5.86. The number of rotatable bonds is 6. The molecule has 9 rings (SSSR count). The van der Waals surface area contributed by atoms with E-state index in [1.807, 2.05) is 84.9 Å². The van der Waals surface area contributed by atoms with Gasteiger partial charge in [0.15, 0.2) is 17.5 Å². The molecular formula is C45H24B5N3O. The molecule has 0 unspecified atom stereocenters. The zero-order valence-electron chi connectivity index (χ0n) is 29.0. The minimum absolute atomic E-state index is 0.173. The minimum atomic E-state index is 0.173. The van der Waals surface area contributed by atoms with Gasteiger partial charge in [-0.2, -0.15) is 0 Å². The van der Waals surface area contributed by atoms with Gasteiger partial charge in [-0.15, -0.1) is 16.4 Å². The van der Waals surface area contributed by atoms with Crippen molar-refractivity contribution < 1.29 is 4.42 Å². The van der Waals surface area contributed by atoms with Gasteiger partial charge in [0.2, 0.25) is 0 Å². The summed E-state index contributed by atoms with van der Waals surface area (Å²) in [6.45, 7) is 0. The van der Waals surface area contributed by atoms with Crippen molar-refractivity contribution in [2.75, 3.05) is 0 Å². The monoisotopic (exact) mass is 677 g/mol. The zero-order chi connectivity index (χ0) is 36.9. The SMILES string of the molecule is [B]c1c([B])c([B])c(-c2ccc(-c3nc(-c4ccccc4)nc(-c4ccc5oc6cccc(-c7ccc(-c8ccccc8)cc7)c6c5c4)n3)cc2)c([B])c1[B]. The maximum atomic E-state index is 6.38. The van der Waals surface area contributed by atoms with E-state index in [9.17, 15) is 0 Å². The van der Waals surface area contributed by atoms with Crippen LogP contribution in [0.5, 0.6) is 0 Å². The Morgan fingerprint density at radius 3 is 1.44 bits per heavy atom. The fourth-order valence-electron chi connectivity index (χ4n) is 6.98. The number of hydrogen-bond donors (Lipinski definition) is 0. The Bertz CT molecular complexity index is 2830. The number of hydrogen-bond acceptors (Lipinski definition) is 4. The molecule has 9 heteroatoms. The van der Waals surface area contributed by atoms with Crippen molar-refractivity contribution in [2.45, 2.75) is 0 Å². The van der Waals surface area contributed by atoms with Crippen LogP contribution in [0.1, 0.15) is 0 Å². The number of nitrogens with zero attached hydrogens (tertiary/aromatic N) is 3. The van der Waals surface area contributed by atoms with Gasteiger partial charge in [0.1, 0.15) is 50.4 Å². The van der Waals surface area contributed by atoms with Gasteiger partial charge in [-0.3, -0.25) is 0 Å². The fourth-order valence-corrected chi connectivity index (χ4v) is 6.98. The standard InChI is InChI=1S/C45H24B5N3O/c46-38-36(39(47)41(49)42(50)40(38)48)28-18-20-30(21-19-28)44-51-43(29-10-5-2-6-11-29)52-45(53-44)31-22-23-34-33(24-31)37-32(12-7-13-35(37)54-34)27-16-14-26(15-17-27)25-8-3-1-4-9-25/h1-24H. The molecule has 240 valence electrons. The van der Waals surface area contributed by atoms with Crippen molar-refractivity contribution >= 4 is 88.5 Å². The van der Waals surface area contributed by atoms with Gasteiger partial charge in [-0.1, -0.05) is 132 Å². The highest BCUT2D eigenvalue weighted by Gasteiger charge is 2.18. The molecule has 0 aliphatic carbocycles. The summed E-state index contributed by atoms with van der Waals surface area (Å²) in [7, 11) is 31.1. The smallest absolute Gasteiger partial charge is 0.164 e. The van der Waals surface area contributed by atoms with E-state index >= 15 is 0 Å². The molecule has 4 nitrogen and oxygen atoms in total. The van der Waals surface area contributed by atoms with E-state index in [2.05, 4.69) is 60.7 Å². The highest BCUT2D eigenvalue weighted by molar-refractivity contribution is 6.68. The molecule has 0 fully saturated rings. The highest BCUT2D eigenvalue weighted by atomic mass is 16.3. The summed E-state index contributed by atoms with van der Waals surface area (Å²) in [6.07, 6.45) is 0. The maximum Gasteiger partial charge on any atom is 0.164 e. The second-order valence-electron chi connectivity index (χ2n) is 13.1. The van der Waals surface area contributed by atoms with Crippen LogP contribution in [0.2, 0.25) is 0 Å². The molecule has 0 saturated carbocycles. The Morgan fingerprint density at radius 2 is 0.815 bits per heavy atom. The van der Waals surface area contributed by atoms with Crippen LogP contribution < -0.4 is 27.3 Å². The third-order valence-electron chi connectivity index (χ3n) is 9.85. The van der Waals surface area contributed by atoms with E-state index in [1.54, 1.807) is 0 Å². The molecule has 9 aromatic rings. The van der Waals surface area contributed by atoms with Crippen LogP contribution in [-0.4, -0.2) is 54.2 Å². The zero-order valence-corrected chi connectivity index (χ0v) is 29.0. The Hall–Kier alpha value is -6.33. The lowest BCUT2D eigenvalue weighted by Crippen LogP contribution is -2.55. The molecule has 54 heavy (non-hydrogen) atoms. The number of fused-ring (bicyclic) bond motifs is 3. The van der Waals surface area contributed by atoms with E-state index in [1.165, 1.54) is 5.56 Å². The van der Waals surface area contributed by atoms with Crippen molar-refractivity contribution in [3.05, 3.63) is 146 Å². The average Bonchev–Trinajstić information content (AvgIpc) is 3.61. The Kier molecular flexibility index (Phi) is 8.43. The van der Waals surface area contributed by atoms with Crippen LogP contribution in [0.25, 0.3) is 89.5 Å². The first-order chi connectivity index (χ1) is 26.3. The van der Waals surface area contributed by atoms with Crippen molar-refractivity contribution in [3.63, 3.8) is 0 Å². The fraction of sp³-hybridized carbons (Fsp3) is 0. The lowest BCUT2D eigenvalue weighted by molar-refractivity contribution is 0.669. The number of aromatic nitrogens is 3. The topological polar surface area (TPSA) is 51.8 Å². The van der Waals surface area contributed by atoms with Crippen molar-refractivity contribution in [1.29, 1.82) is 0 Å². The molecule has 0 atom stereocenters.